The molecule has 1 aromatic heterocycles. The summed E-state index contributed by atoms with van der Waals surface area (Å²) in [5.41, 5.74) is 5.84. The van der Waals surface area contributed by atoms with Crippen molar-refractivity contribution in [3.63, 3.8) is 0 Å². The van der Waals surface area contributed by atoms with E-state index >= 15 is 0 Å². The minimum atomic E-state index is -0.546. The Hall–Kier alpha value is -1.32. The smallest absolute Gasteiger partial charge is 0.254 e. The van der Waals surface area contributed by atoms with Gasteiger partial charge in [-0.15, -0.1) is 0 Å². The van der Waals surface area contributed by atoms with E-state index in [9.17, 15) is 4.79 Å². The highest BCUT2D eigenvalue weighted by atomic mass is 16.5. The Labute approximate surface area is 64.4 Å². The molecule has 1 radical (unpaired) electrons. The van der Waals surface area contributed by atoms with Gasteiger partial charge in [0, 0.05) is 0 Å². The summed E-state index contributed by atoms with van der Waals surface area (Å²) < 4.78 is 4.49. The van der Waals surface area contributed by atoms with Crippen LogP contribution in [0.15, 0.2) is 4.52 Å². The molecule has 0 aliphatic heterocycles. The number of amides is 1. The zero-order valence-corrected chi connectivity index (χ0v) is 6.42. The van der Waals surface area contributed by atoms with Crippen LogP contribution in [0.4, 0.5) is 0 Å². The zero-order valence-electron chi connectivity index (χ0n) is 6.42. The SMILES string of the molecule is CC(C)c1no[c]c1C(N)=O. The van der Waals surface area contributed by atoms with E-state index < -0.39 is 5.91 Å². The van der Waals surface area contributed by atoms with Gasteiger partial charge in [-0.3, -0.25) is 4.79 Å². The maximum absolute atomic E-state index is 10.7. The number of aromatic nitrogens is 1. The summed E-state index contributed by atoms with van der Waals surface area (Å²) in [5.74, 6) is -0.414. The number of rotatable bonds is 2. The molecule has 0 aliphatic carbocycles. The summed E-state index contributed by atoms with van der Waals surface area (Å²) in [4.78, 5) is 10.7. The highest BCUT2D eigenvalue weighted by Gasteiger charge is 2.15. The average Bonchev–Trinajstić information content (AvgIpc) is 2.32. The van der Waals surface area contributed by atoms with E-state index in [0.29, 0.717) is 5.69 Å². The van der Waals surface area contributed by atoms with Gasteiger partial charge in [-0.1, -0.05) is 19.0 Å². The number of hydrogen-bond donors (Lipinski definition) is 1. The highest BCUT2D eigenvalue weighted by molar-refractivity contribution is 5.93. The molecule has 0 fully saturated rings. The summed E-state index contributed by atoms with van der Waals surface area (Å²) in [6.45, 7) is 3.80. The van der Waals surface area contributed by atoms with Crippen LogP contribution in [0.5, 0.6) is 0 Å². The van der Waals surface area contributed by atoms with E-state index in [1.165, 1.54) is 0 Å². The van der Waals surface area contributed by atoms with E-state index in [1.807, 2.05) is 13.8 Å². The normalized spacial score (nSPS) is 10.5. The van der Waals surface area contributed by atoms with Crippen LogP contribution in [-0.4, -0.2) is 11.1 Å². The molecule has 0 atom stereocenters. The molecule has 0 aromatic carbocycles. The molecule has 2 N–H and O–H groups in total. The van der Waals surface area contributed by atoms with E-state index in [2.05, 4.69) is 15.9 Å². The van der Waals surface area contributed by atoms with Crippen LogP contribution in [-0.2, 0) is 0 Å². The molecule has 0 saturated heterocycles. The minimum absolute atomic E-state index is 0.132. The molecule has 0 unspecified atom stereocenters. The third kappa shape index (κ3) is 1.39. The quantitative estimate of drug-likeness (QED) is 0.679. The lowest BCUT2D eigenvalue weighted by Crippen LogP contribution is -2.13. The number of primary amides is 1. The molecule has 4 heteroatoms. The molecule has 1 aromatic rings. The second-order valence-corrected chi connectivity index (χ2v) is 2.56. The Morgan fingerprint density at radius 3 is 2.73 bits per heavy atom. The molecule has 0 aliphatic rings. The third-order valence-electron chi connectivity index (χ3n) is 1.34. The molecule has 1 amide bonds. The first-order valence-electron chi connectivity index (χ1n) is 3.30. The molecule has 59 valence electrons. The Bertz CT molecular complexity index is 265. The van der Waals surface area contributed by atoms with Gasteiger partial charge in [0.25, 0.3) is 5.91 Å². The van der Waals surface area contributed by atoms with Crippen molar-refractivity contribution in [2.24, 2.45) is 5.73 Å². The number of nitrogens with two attached hydrogens (primary N) is 1. The zero-order chi connectivity index (χ0) is 8.43. The van der Waals surface area contributed by atoms with Crippen molar-refractivity contribution < 1.29 is 9.32 Å². The Kier molecular flexibility index (Phi) is 1.94. The fourth-order valence-corrected chi connectivity index (χ4v) is 0.786. The standard InChI is InChI=1S/C7H9N2O2/c1-4(2)6-5(7(8)10)3-11-9-6/h4H,1-2H3,(H2,8,10). The van der Waals surface area contributed by atoms with Crippen LogP contribution in [0, 0.1) is 6.26 Å². The molecule has 0 spiro atoms. The van der Waals surface area contributed by atoms with E-state index in [0.717, 1.165) is 0 Å². The van der Waals surface area contributed by atoms with Crippen molar-refractivity contribution in [2.75, 3.05) is 0 Å². The lowest BCUT2D eigenvalue weighted by molar-refractivity contribution is 0.0998. The van der Waals surface area contributed by atoms with Crippen molar-refractivity contribution in [2.45, 2.75) is 19.8 Å². The fourth-order valence-electron chi connectivity index (χ4n) is 0.786. The van der Waals surface area contributed by atoms with Crippen molar-refractivity contribution in [3.8, 4) is 0 Å². The molecule has 1 heterocycles. The molecular formula is C7H9N2O2. The van der Waals surface area contributed by atoms with E-state index in [1.54, 1.807) is 0 Å². The number of nitrogens with zero attached hydrogens (tertiary/aromatic N) is 1. The first-order valence-corrected chi connectivity index (χ1v) is 3.30. The number of carbonyl (C=O) groups excluding carboxylic acids is 1. The van der Waals surface area contributed by atoms with Gasteiger partial charge in [-0.05, 0) is 5.92 Å². The van der Waals surface area contributed by atoms with Gasteiger partial charge in [-0.25, -0.2) is 0 Å². The lowest BCUT2D eigenvalue weighted by atomic mass is 10.1. The van der Waals surface area contributed by atoms with Gasteiger partial charge in [0.2, 0.25) is 6.26 Å². The van der Waals surface area contributed by atoms with Crippen LogP contribution >= 0.6 is 0 Å². The first kappa shape index (κ1) is 7.78. The number of carbonyl (C=O) groups is 1. The minimum Gasteiger partial charge on any atom is -0.365 e. The van der Waals surface area contributed by atoms with Crippen LogP contribution in [0.3, 0.4) is 0 Å². The predicted octanol–water partition coefficient (Wildman–Crippen LogP) is 0.697. The van der Waals surface area contributed by atoms with Gasteiger partial charge < -0.3 is 10.3 Å². The Balaban J connectivity index is 3.06. The maximum Gasteiger partial charge on any atom is 0.254 e. The van der Waals surface area contributed by atoms with Crippen LogP contribution in [0.2, 0.25) is 0 Å². The van der Waals surface area contributed by atoms with E-state index in [-0.39, 0.29) is 11.5 Å². The summed E-state index contributed by atoms with van der Waals surface area (Å²) in [5, 5.41) is 3.61. The van der Waals surface area contributed by atoms with Crippen LogP contribution < -0.4 is 5.73 Å². The molecule has 4 nitrogen and oxygen atoms in total. The number of hydrogen-bond acceptors (Lipinski definition) is 3. The van der Waals surface area contributed by atoms with Gasteiger partial charge in [0.1, 0.15) is 5.56 Å². The topological polar surface area (TPSA) is 69.1 Å². The lowest BCUT2D eigenvalue weighted by Gasteiger charge is -1.98. The maximum atomic E-state index is 10.7. The van der Waals surface area contributed by atoms with Crippen LogP contribution in [0.1, 0.15) is 35.8 Å². The van der Waals surface area contributed by atoms with E-state index in [4.69, 9.17) is 5.73 Å². The summed E-state index contributed by atoms with van der Waals surface area (Å²) in [6.07, 6.45) is 2.33. The molecular weight excluding hydrogens is 144 g/mol. The highest BCUT2D eigenvalue weighted by Crippen LogP contribution is 2.15. The molecule has 11 heavy (non-hydrogen) atoms. The molecule has 1 rings (SSSR count). The second kappa shape index (κ2) is 2.74. The average molecular weight is 153 g/mol. The van der Waals surface area contributed by atoms with Gasteiger partial charge >= 0.3 is 0 Å². The molecule has 0 bridgehead atoms. The van der Waals surface area contributed by atoms with Crippen molar-refractivity contribution in [1.29, 1.82) is 0 Å². The van der Waals surface area contributed by atoms with Crippen molar-refractivity contribution >= 4 is 5.91 Å². The first-order chi connectivity index (χ1) is 5.13. The summed E-state index contributed by atoms with van der Waals surface area (Å²) in [6, 6.07) is 0. The van der Waals surface area contributed by atoms with Gasteiger partial charge in [0.15, 0.2) is 0 Å². The Morgan fingerprint density at radius 2 is 2.36 bits per heavy atom. The van der Waals surface area contributed by atoms with Crippen LogP contribution in [0.25, 0.3) is 0 Å². The van der Waals surface area contributed by atoms with Crippen molar-refractivity contribution in [1.82, 2.24) is 5.16 Å². The predicted molar refractivity (Wildman–Crippen MR) is 37.9 cm³/mol. The molecule has 0 saturated carbocycles. The third-order valence-corrected chi connectivity index (χ3v) is 1.34. The van der Waals surface area contributed by atoms with Gasteiger partial charge in [-0.2, -0.15) is 0 Å². The summed E-state index contributed by atoms with van der Waals surface area (Å²) in [7, 11) is 0. The van der Waals surface area contributed by atoms with Crippen molar-refractivity contribution in [3.05, 3.63) is 17.5 Å². The monoisotopic (exact) mass is 153 g/mol. The second-order valence-electron chi connectivity index (χ2n) is 2.56. The fraction of sp³-hybridized carbons (Fsp3) is 0.429. The largest absolute Gasteiger partial charge is 0.365 e. The summed E-state index contributed by atoms with van der Waals surface area (Å²) >= 11 is 0. The van der Waals surface area contributed by atoms with Gasteiger partial charge in [0.05, 0.1) is 5.69 Å². The Morgan fingerprint density at radius 1 is 1.73 bits per heavy atom.